The number of aryl methyl sites for hydroxylation is 2. The van der Waals surface area contributed by atoms with Crippen molar-refractivity contribution < 1.29 is 22.7 Å². The van der Waals surface area contributed by atoms with E-state index in [0.29, 0.717) is 24.3 Å². The zero-order valence-corrected chi connectivity index (χ0v) is 18.9. The lowest BCUT2D eigenvalue weighted by molar-refractivity contribution is -0.119. The summed E-state index contributed by atoms with van der Waals surface area (Å²) in [6, 6.07) is 15.7. The Morgan fingerprint density at radius 1 is 0.939 bits per heavy atom. The number of ether oxygens (including phenoxy) is 1. The van der Waals surface area contributed by atoms with E-state index >= 15 is 0 Å². The van der Waals surface area contributed by atoms with E-state index < -0.39 is 28.5 Å². The minimum absolute atomic E-state index is 0.132. The predicted octanol–water partition coefficient (Wildman–Crippen LogP) is 3.52. The standard InChI is InChI=1S/C25H24N2O5S/c28-23(26-19-6-4-7-20(15-19)33(30,31)27-13-1-2-14-27)16-32-25(29)22-12-11-18-10-9-17-5-3-8-21(22)24(17)18/h3-8,11-12,15H,1-2,9-10,13-14,16H2,(H,26,28). The van der Waals surface area contributed by atoms with Gasteiger partial charge >= 0.3 is 5.97 Å². The largest absolute Gasteiger partial charge is 0.452 e. The number of carbonyl (C=O) groups is 2. The van der Waals surface area contributed by atoms with E-state index in [0.717, 1.165) is 36.5 Å². The Morgan fingerprint density at radius 3 is 2.45 bits per heavy atom. The van der Waals surface area contributed by atoms with Gasteiger partial charge in [0.05, 0.1) is 10.5 Å². The van der Waals surface area contributed by atoms with Crippen LogP contribution in [-0.2, 0) is 32.4 Å². The number of rotatable bonds is 6. The molecule has 33 heavy (non-hydrogen) atoms. The molecule has 0 spiro atoms. The Bertz CT molecular complexity index is 1350. The number of sulfonamides is 1. The van der Waals surface area contributed by atoms with Crippen molar-refractivity contribution in [1.82, 2.24) is 4.31 Å². The summed E-state index contributed by atoms with van der Waals surface area (Å²) in [5.74, 6) is -1.10. The Hall–Kier alpha value is -3.23. The van der Waals surface area contributed by atoms with E-state index in [1.54, 1.807) is 18.2 Å². The Morgan fingerprint density at radius 2 is 1.67 bits per heavy atom. The third-order valence-corrected chi connectivity index (χ3v) is 8.15. The van der Waals surface area contributed by atoms with Crippen molar-refractivity contribution in [2.75, 3.05) is 25.0 Å². The van der Waals surface area contributed by atoms with Gasteiger partial charge in [0.2, 0.25) is 10.0 Å². The molecular weight excluding hydrogens is 440 g/mol. The van der Waals surface area contributed by atoms with Crippen LogP contribution >= 0.6 is 0 Å². The molecule has 0 radical (unpaired) electrons. The topological polar surface area (TPSA) is 92.8 Å². The first-order chi connectivity index (χ1) is 15.9. The summed E-state index contributed by atoms with van der Waals surface area (Å²) >= 11 is 0. The molecule has 0 unspecified atom stereocenters. The first-order valence-electron chi connectivity index (χ1n) is 11.0. The summed E-state index contributed by atoms with van der Waals surface area (Å²) in [4.78, 5) is 25.2. The molecule has 3 aromatic carbocycles. The number of hydrogen-bond donors (Lipinski definition) is 1. The highest BCUT2D eigenvalue weighted by atomic mass is 32.2. The molecule has 0 atom stereocenters. The third-order valence-electron chi connectivity index (χ3n) is 6.25. The molecule has 0 bridgehead atoms. The molecule has 0 saturated carbocycles. The lowest BCUT2D eigenvalue weighted by Crippen LogP contribution is -2.28. The number of hydrogen-bond acceptors (Lipinski definition) is 5. The molecule has 1 saturated heterocycles. The van der Waals surface area contributed by atoms with Gasteiger partial charge in [0.1, 0.15) is 0 Å². The molecule has 1 amide bonds. The van der Waals surface area contributed by atoms with Crippen molar-refractivity contribution in [3.8, 4) is 0 Å². The van der Waals surface area contributed by atoms with E-state index in [-0.39, 0.29) is 4.90 Å². The maximum Gasteiger partial charge on any atom is 0.339 e. The van der Waals surface area contributed by atoms with Gasteiger partial charge < -0.3 is 10.1 Å². The van der Waals surface area contributed by atoms with Crippen LogP contribution in [0.5, 0.6) is 0 Å². The van der Waals surface area contributed by atoms with Crippen LogP contribution in [0.3, 0.4) is 0 Å². The summed E-state index contributed by atoms with van der Waals surface area (Å²) < 4.78 is 32.2. The average Bonchev–Trinajstić information content (AvgIpc) is 3.50. The Balaban J connectivity index is 1.26. The van der Waals surface area contributed by atoms with Crippen molar-refractivity contribution in [2.24, 2.45) is 0 Å². The quantitative estimate of drug-likeness (QED) is 0.564. The summed E-state index contributed by atoms with van der Waals surface area (Å²) in [7, 11) is -3.58. The van der Waals surface area contributed by atoms with Gasteiger partial charge in [-0.1, -0.05) is 30.3 Å². The first-order valence-corrected chi connectivity index (χ1v) is 12.5. The smallest absolute Gasteiger partial charge is 0.339 e. The highest BCUT2D eigenvalue weighted by Gasteiger charge is 2.27. The van der Waals surface area contributed by atoms with Crippen molar-refractivity contribution in [3.63, 3.8) is 0 Å². The van der Waals surface area contributed by atoms with Crippen LogP contribution in [-0.4, -0.2) is 44.3 Å². The molecule has 1 fully saturated rings. The number of amides is 1. The number of nitrogens with one attached hydrogen (secondary N) is 1. The van der Waals surface area contributed by atoms with E-state index in [9.17, 15) is 18.0 Å². The van der Waals surface area contributed by atoms with E-state index in [1.807, 2.05) is 18.2 Å². The number of benzene rings is 3. The summed E-state index contributed by atoms with van der Waals surface area (Å²) in [6.45, 7) is 0.545. The van der Waals surface area contributed by atoms with Gasteiger partial charge in [0, 0.05) is 18.8 Å². The molecule has 3 aromatic rings. The van der Waals surface area contributed by atoms with Gasteiger partial charge in [-0.25, -0.2) is 13.2 Å². The minimum atomic E-state index is -3.58. The van der Waals surface area contributed by atoms with Gasteiger partial charge in [-0.2, -0.15) is 4.31 Å². The first kappa shape index (κ1) is 21.6. The highest BCUT2D eigenvalue weighted by molar-refractivity contribution is 7.89. The normalized spacial score (nSPS) is 15.6. The maximum atomic E-state index is 12.7. The zero-order valence-electron chi connectivity index (χ0n) is 18.0. The second-order valence-corrected chi connectivity index (χ2v) is 10.3. The molecule has 1 aliphatic carbocycles. The summed E-state index contributed by atoms with van der Waals surface area (Å²) in [5, 5.41) is 4.56. The fourth-order valence-electron chi connectivity index (χ4n) is 4.64. The van der Waals surface area contributed by atoms with Crippen LogP contribution < -0.4 is 5.32 Å². The fourth-order valence-corrected chi connectivity index (χ4v) is 6.21. The van der Waals surface area contributed by atoms with Crippen molar-refractivity contribution >= 4 is 38.4 Å². The monoisotopic (exact) mass is 464 g/mol. The third kappa shape index (κ3) is 4.12. The molecule has 1 aliphatic heterocycles. The van der Waals surface area contributed by atoms with Crippen molar-refractivity contribution in [3.05, 3.63) is 71.3 Å². The van der Waals surface area contributed by atoms with E-state index in [2.05, 4.69) is 11.4 Å². The molecule has 5 rings (SSSR count). The van der Waals surface area contributed by atoms with Gasteiger partial charge in [-0.05, 0) is 71.8 Å². The molecule has 0 aromatic heterocycles. The number of esters is 1. The molecular formula is C25H24N2O5S. The summed E-state index contributed by atoms with van der Waals surface area (Å²) in [5.41, 5.74) is 3.21. The molecule has 1 N–H and O–H groups in total. The van der Waals surface area contributed by atoms with Crippen LogP contribution in [0.2, 0.25) is 0 Å². The highest BCUT2D eigenvalue weighted by Crippen LogP contribution is 2.33. The fraction of sp³-hybridized carbons (Fsp3) is 0.280. The number of carbonyl (C=O) groups excluding carboxylic acids is 2. The average molecular weight is 465 g/mol. The number of nitrogens with zero attached hydrogens (tertiary/aromatic N) is 1. The van der Waals surface area contributed by atoms with Gasteiger partial charge in [-0.15, -0.1) is 0 Å². The Labute approximate surface area is 192 Å². The molecule has 8 heteroatoms. The van der Waals surface area contributed by atoms with Crippen LogP contribution in [0, 0.1) is 0 Å². The van der Waals surface area contributed by atoms with Crippen molar-refractivity contribution in [1.29, 1.82) is 0 Å². The maximum absolute atomic E-state index is 12.7. The summed E-state index contributed by atoms with van der Waals surface area (Å²) in [6.07, 6.45) is 3.61. The second-order valence-electron chi connectivity index (χ2n) is 8.38. The number of anilines is 1. The van der Waals surface area contributed by atoms with Crippen molar-refractivity contribution in [2.45, 2.75) is 30.6 Å². The lowest BCUT2D eigenvalue weighted by Gasteiger charge is -2.16. The van der Waals surface area contributed by atoms with Crippen LogP contribution in [0.25, 0.3) is 10.8 Å². The van der Waals surface area contributed by atoms with Crippen LogP contribution in [0.15, 0.2) is 59.5 Å². The Kier molecular flexibility index (Phi) is 5.64. The molecule has 7 nitrogen and oxygen atoms in total. The SMILES string of the molecule is O=C(COC(=O)c1ccc2c3c(cccc13)CC2)Nc1cccc(S(=O)(=O)N2CCCC2)c1. The second kappa shape index (κ2) is 8.61. The lowest BCUT2D eigenvalue weighted by atomic mass is 10.00. The van der Waals surface area contributed by atoms with Crippen LogP contribution in [0.1, 0.15) is 34.3 Å². The van der Waals surface area contributed by atoms with E-state index in [4.69, 9.17) is 4.74 Å². The molecule has 1 heterocycles. The van der Waals surface area contributed by atoms with Gasteiger partial charge in [0.15, 0.2) is 6.61 Å². The van der Waals surface area contributed by atoms with Gasteiger partial charge in [0.25, 0.3) is 5.91 Å². The minimum Gasteiger partial charge on any atom is -0.452 e. The zero-order chi connectivity index (χ0) is 23.0. The van der Waals surface area contributed by atoms with E-state index in [1.165, 1.54) is 27.6 Å². The predicted molar refractivity (Wildman–Crippen MR) is 125 cm³/mol. The molecule has 2 aliphatic rings. The van der Waals surface area contributed by atoms with Crippen LogP contribution in [0.4, 0.5) is 5.69 Å². The van der Waals surface area contributed by atoms with Gasteiger partial charge in [-0.3, -0.25) is 4.79 Å². The molecule has 170 valence electrons.